The smallest absolute Gasteiger partial charge is 0.140 e. The molecule has 1 rings (SSSR count). The van der Waals surface area contributed by atoms with Crippen molar-refractivity contribution < 1.29 is 4.79 Å². The van der Waals surface area contributed by atoms with E-state index >= 15 is 0 Å². The molecule has 0 aromatic heterocycles. The van der Waals surface area contributed by atoms with Crippen molar-refractivity contribution in [1.29, 1.82) is 0 Å². The lowest BCUT2D eigenvalue weighted by Crippen LogP contribution is -2.15. The van der Waals surface area contributed by atoms with Crippen LogP contribution in [0.25, 0.3) is 0 Å². The zero-order chi connectivity index (χ0) is 11.3. The van der Waals surface area contributed by atoms with Crippen molar-refractivity contribution in [2.75, 3.05) is 0 Å². The van der Waals surface area contributed by atoms with Crippen LogP contribution < -0.4 is 0 Å². The Morgan fingerprint density at radius 3 is 2.47 bits per heavy atom. The summed E-state index contributed by atoms with van der Waals surface area (Å²) in [4.78, 5) is 11.9. The van der Waals surface area contributed by atoms with Gasteiger partial charge in [-0.3, -0.25) is 4.79 Å². The van der Waals surface area contributed by atoms with Gasteiger partial charge in [-0.25, -0.2) is 0 Å². The van der Waals surface area contributed by atoms with E-state index in [0.717, 1.165) is 18.4 Å². The summed E-state index contributed by atoms with van der Waals surface area (Å²) in [5.74, 6) is 0.621. The van der Waals surface area contributed by atoms with Crippen LogP contribution in [0.1, 0.15) is 37.8 Å². The average Bonchev–Trinajstić information content (AvgIpc) is 2.19. The van der Waals surface area contributed by atoms with Crippen molar-refractivity contribution in [3.05, 3.63) is 35.4 Å². The maximum Gasteiger partial charge on any atom is 0.140 e. The second-order valence-electron chi connectivity index (χ2n) is 4.15. The van der Waals surface area contributed by atoms with Crippen molar-refractivity contribution in [3.63, 3.8) is 0 Å². The second-order valence-corrected chi connectivity index (χ2v) is 4.15. The maximum atomic E-state index is 11.9. The van der Waals surface area contributed by atoms with E-state index in [2.05, 4.69) is 32.9 Å². The van der Waals surface area contributed by atoms with Crippen molar-refractivity contribution in [2.45, 2.75) is 40.0 Å². The van der Waals surface area contributed by atoms with E-state index in [9.17, 15) is 4.79 Å². The third kappa shape index (κ3) is 3.50. The number of ketones is 1. The lowest BCUT2D eigenvalue weighted by molar-refractivity contribution is -0.122. The Bertz CT molecular complexity index is 324. The lowest BCUT2D eigenvalue weighted by atomic mass is 9.93. The fourth-order valence-corrected chi connectivity index (χ4v) is 1.91. The molecule has 0 radical (unpaired) electrons. The van der Waals surface area contributed by atoms with Gasteiger partial charge in [-0.05, 0) is 25.3 Å². The minimum Gasteiger partial charge on any atom is -0.299 e. The topological polar surface area (TPSA) is 17.1 Å². The highest BCUT2D eigenvalue weighted by Crippen LogP contribution is 2.13. The van der Waals surface area contributed by atoms with Crippen LogP contribution in [0.15, 0.2) is 24.3 Å². The van der Waals surface area contributed by atoms with Crippen LogP contribution in [0.5, 0.6) is 0 Å². The molecule has 0 atom stereocenters. The zero-order valence-electron chi connectivity index (χ0n) is 9.92. The molecule has 0 N–H and O–H groups in total. The summed E-state index contributed by atoms with van der Waals surface area (Å²) < 4.78 is 0. The van der Waals surface area contributed by atoms with Crippen molar-refractivity contribution >= 4 is 5.78 Å². The molecule has 0 unspecified atom stereocenters. The molecule has 0 bridgehead atoms. The number of benzene rings is 1. The van der Waals surface area contributed by atoms with Crippen LogP contribution in [0.3, 0.4) is 0 Å². The SMILES string of the molecule is CCC(CC)C(=O)Cc1cccc(C)c1. The van der Waals surface area contributed by atoms with E-state index < -0.39 is 0 Å². The van der Waals surface area contributed by atoms with Crippen LogP contribution in [-0.2, 0) is 11.2 Å². The van der Waals surface area contributed by atoms with Crippen LogP contribution >= 0.6 is 0 Å². The molecule has 0 heterocycles. The molecule has 0 amide bonds. The monoisotopic (exact) mass is 204 g/mol. The first-order valence-corrected chi connectivity index (χ1v) is 5.75. The van der Waals surface area contributed by atoms with Gasteiger partial charge in [0.15, 0.2) is 0 Å². The van der Waals surface area contributed by atoms with Crippen molar-refractivity contribution in [1.82, 2.24) is 0 Å². The first-order chi connectivity index (χ1) is 7.17. The minimum absolute atomic E-state index is 0.241. The molecular formula is C14H20O. The van der Waals surface area contributed by atoms with E-state index in [-0.39, 0.29) is 5.92 Å². The summed E-state index contributed by atoms with van der Waals surface area (Å²) in [6, 6.07) is 8.21. The van der Waals surface area contributed by atoms with Crippen LogP contribution in [0.4, 0.5) is 0 Å². The summed E-state index contributed by atoms with van der Waals surface area (Å²) in [5.41, 5.74) is 2.37. The Labute approximate surface area is 92.5 Å². The molecule has 0 fully saturated rings. The highest BCUT2D eigenvalue weighted by molar-refractivity contribution is 5.83. The van der Waals surface area contributed by atoms with E-state index in [4.69, 9.17) is 0 Å². The molecule has 1 heteroatoms. The molecule has 0 saturated carbocycles. The van der Waals surface area contributed by atoms with Crippen molar-refractivity contribution in [3.8, 4) is 0 Å². The Kier molecular flexibility index (Phi) is 4.54. The minimum atomic E-state index is 0.241. The maximum absolute atomic E-state index is 11.9. The molecule has 0 spiro atoms. The molecule has 0 saturated heterocycles. The fraction of sp³-hybridized carbons (Fsp3) is 0.500. The highest BCUT2D eigenvalue weighted by Gasteiger charge is 2.14. The summed E-state index contributed by atoms with van der Waals surface area (Å²) in [6.07, 6.45) is 2.51. The van der Waals surface area contributed by atoms with Gasteiger partial charge in [0.25, 0.3) is 0 Å². The number of carbonyl (C=O) groups is 1. The Balaban J connectivity index is 2.65. The van der Waals surface area contributed by atoms with Gasteiger partial charge >= 0.3 is 0 Å². The first kappa shape index (κ1) is 12.0. The number of hydrogen-bond acceptors (Lipinski definition) is 1. The van der Waals surface area contributed by atoms with Crippen LogP contribution in [-0.4, -0.2) is 5.78 Å². The van der Waals surface area contributed by atoms with Crippen LogP contribution in [0, 0.1) is 12.8 Å². The molecule has 0 aliphatic carbocycles. The van der Waals surface area contributed by atoms with Gasteiger partial charge in [0.1, 0.15) is 5.78 Å². The summed E-state index contributed by atoms with van der Waals surface area (Å²) in [7, 11) is 0. The lowest BCUT2D eigenvalue weighted by Gasteiger charge is -2.10. The molecule has 1 aromatic rings. The molecule has 0 aliphatic heterocycles. The van der Waals surface area contributed by atoms with Gasteiger partial charge in [0.05, 0.1) is 0 Å². The summed E-state index contributed by atoms with van der Waals surface area (Å²) in [5, 5.41) is 0. The second kappa shape index (κ2) is 5.69. The summed E-state index contributed by atoms with van der Waals surface area (Å²) >= 11 is 0. The van der Waals surface area contributed by atoms with Gasteiger partial charge in [-0.15, -0.1) is 0 Å². The Hall–Kier alpha value is -1.11. The Morgan fingerprint density at radius 1 is 1.27 bits per heavy atom. The number of aryl methyl sites for hydroxylation is 1. The van der Waals surface area contributed by atoms with Crippen molar-refractivity contribution in [2.24, 2.45) is 5.92 Å². The molecule has 82 valence electrons. The molecular weight excluding hydrogens is 184 g/mol. The number of rotatable bonds is 5. The van der Waals surface area contributed by atoms with Gasteiger partial charge in [-0.1, -0.05) is 43.7 Å². The van der Waals surface area contributed by atoms with Gasteiger partial charge in [-0.2, -0.15) is 0 Å². The normalized spacial score (nSPS) is 10.7. The van der Waals surface area contributed by atoms with E-state index in [1.165, 1.54) is 5.56 Å². The number of carbonyl (C=O) groups excluding carboxylic acids is 1. The molecule has 1 aromatic carbocycles. The first-order valence-electron chi connectivity index (χ1n) is 5.75. The zero-order valence-corrected chi connectivity index (χ0v) is 9.92. The molecule has 15 heavy (non-hydrogen) atoms. The quantitative estimate of drug-likeness (QED) is 0.717. The average molecular weight is 204 g/mol. The van der Waals surface area contributed by atoms with Gasteiger partial charge < -0.3 is 0 Å². The molecule has 0 aliphatic rings. The standard InChI is InChI=1S/C14H20O/c1-4-13(5-2)14(15)10-12-8-6-7-11(3)9-12/h6-9,13H,4-5,10H2,1-3H3. The van der Waals surface area contributed by atoms with E-state index in [1.807, 2.05) is 12.1 Å². The largest absolute Gasteiger partial charge is 0.299 e. The highest BCUT2D eigenvalue weighted by atomic mass is 16.1. The van der Waals surface area contributed by atoms with E-state index in [1.54, 1.807) is 0 Å². The van der Waals surface area contributed by atoms with Crippen LogP contribution in [0.2, 0.25) is 0 Å². The Morgan fingerprint density at radius 2 is 1.93 bits per heavy atom. The van der Waals surface area contributed by atoms with Gasteiger partial charge in [0, 0.05) is 12.3 Å². The third-order valence-corrected chi connectivity index (χ3v) is 2.90. The predicted molar refractivity (Wildman–Crippen MR) is 64.0 cm³/mol. The summed E-state index contributed by atoms with van der Waals surface area (Å²) in [6.45, 7) is 6.23. The predicted octanol–water partition coefficient (Wildman–Crippen LogP) is 3.54. The fourth-order valence-electron chi connectivity index (χ4n) is 1.91. The number of hydrogen-bond donors (Lipinski definition) is 0. The third-order valence-electron chi connectivity index (χ3n) is 2.90. The van der Waals surface area contributed by atoms with Gasteiger partial charge in [0.2, 0.25) is 0 Å². The molecule has 1 nitrogen and oxygen atoms in total. The van der Waals surface area contributed by atoms with E-state index in [0.29, 0.717) is 12.2 Å². The number of Topliss-reactive ketones (excluding diaryl/α,β-unsaturated/α-hetero) is 1.